The molecule has 1 aromatic rings. The standard InChI is InChI=1S/C16H24N2O2/c1-12(19)18(11-15(20)16(2,3)4)14-10-8-7-9-13(14)17(5)6/h7-10H,11H2,1-6H3. The van der Waals surface area contributed by atoms with Gasteiger partial charge in [0.05, 0.1) is 17.9 Å². The van der Waals surface area contributed by atoms with Crippen LogP contribution in [0.4, 0.5) is 11.4 Å². The largest absolute Gasteiger partial charge is 0.376 e. The minimum Gasteiger partial charge on any atom is -0.376 e. The highest BCUT2D eigenvalue weighted by Crippen LogP contribution is 2.29. The van der Waals surface area contributed by atoms with Crippen LogP contribution in [-0.4, -0.2) is 32.3 Å². The maximum Gasteiger partial charge on any atom is 0.224 e. The van der Waals surface area contributed by atoms with Crippen LogP contribution in [0.2, 0.25) is 0 Å². The quantitative estimate of drug-likeness (QED) is 0.849. The molecule has 1 rings (SSSR count). The van der Waals surface area contributed by atoms with Gasteiger partial charge in [-0.2, -0.15) is 0 Å². The van der Waals surface area contributed by atoms with Gasteiger partial charge in [-0.05, 0) is 12.1 Å². The Balaban J connectivity index is 3.16. The van der Waals surface area contributed by atoms with Crippen molar-refractivity contribution in [1.29, 1.82) is 0 Å². The molecule has 0 radical (unpaired) electrons. The number of nitrogens with zero attached hydrogens (tertiary/aromatic N) is 2. The zero-order valence-corrected chi connectivity index (χ0v) is 13.2. The molecule has 1 aromatic carbocycles. The van der Waals surface area contributed by atoms with Crippen LogP contribution in [0, 0.1) is 5.41 Å². The van der Waals surface area contributed by atoms with Crippen molar-refractivity contribution in [3.05, 3.63) is 24.3 Å². The van der Waals surface area contributed by atoms with Crippen molar-refractivity contribution in [2.75, 3.05) is 30.4 Å². The maximum absolute atomic E-state index is 12.2. The third-order valence-corrected chi connectivity index (χ3v) is 3.17. The second-order valence-corrected chi connectivity index (χ2v) is 6.16. The smallest absolute Gasteiger partial charge is 0.224 e. The van der Waals surface area contributed by atoms with E-state index in [1.807, 2.05) is 64.0 Å². The predicted octanol–water partition coefficient (Wildman–Crippen LogP) is 2.72. The molecule has 0 spiro atoms. The molecule has 1 amide bonds. The highest BCUT2D eigenvalue weighted by atomic mass is 16.2. The average Bonchev–Trinajstić information content (AvgIpc) is 2.33. The third-order valence-electron chi connectivity index (χ3n) is 3.17. The molecule has 0 saturated heterocycles. The number of carbonyl (C=O) groups excluding carboxylic acids is 2. The molecule has 0 aliphatic heterocycles. The molecule has 0 aromatic heterocycles. The fourth-order valence-electron chi connectivity index (χ4n) is 1.82. The second kappa shape index (κ2) is 6.07. The molecular formula is C16H24N2O2. The first-order valence-corrected chi connectivity index (χ1v) is 6.72. The van der Waals surface area contributed by atoms with Crippen LogP contribution >= 0.6 is 0 Å². The highest BCUT2D eigenvalue weighted by molar-refractivity contribution is 6.01. The zero-order valence-electron chi connectivity index (χ0n) is 13.2. The van der Waals surface area contributed by atoms with Crippen molar-refractivity contribution >= 4 is 23.1 Å². The SMILES string of the molecule is CC(=O)N(CC(=O)C(C)(C)C)c1ccccc1N(C)C. The summed E-state index contributed by atoms with van der Waals surface area (Å²) in [6, 6.07) is 7.60. The van der Waals surface area contributed by atoms with Gasteiger partial charge in [-0.15, -0.1) is 0 Å². The Labute approximate surface area is 121 Å². The number of benzene rings is 1. The Morgan fingerprint density at radius 3 is 1.95 bits per heavy atom. The summed E-state index contributed by atoms with van der Waals surface area (Å²) < 4.78 is 0. The molecule has 0 fully saturated rings. The Kier molecular flexibility index (Phi) is 4.93. The van der Waals surface area contributed by atoms with E-state index in [1.54, 1.807) is 4.90 Å². The summed E-state index contributed by atoms with van der Waals surface area (Å²) in [5.41, 5.74) is 1.23. The normalized spacial score (nSPS) is 11.1. The molecule has 0 aliphatic rings. The number of hydrogen-bond acceptors (Lipinski definition) is 3. The van der Waals surface area contributed by atoms with Gasteiger partial charge < -0.3 is 9.80 Å². The van der Waals surface area contributed by atoms with E-state index in [4.69, 9.17) is 0 Å². The summed E-state index contributed by atoms with van der Waals surface area (Å²) >= 11 is 0. The van der Waals surface area contributed by atoms with Crippen LogP contribution < -0.4 is 9.80 Å². The lowest BCUT2D eigenvalue weighted by Gasteiger charge is -2.28. The number of hydrogen-bond donors (Lipinski definition) is 0. The Bertz CT molecular complexity index is 501. The average molecular weight is 276 g/mol. The van der Waals surface area contributed by atoms with Crippen molar-refractivity contribution in [3.63, 3.8) is 0 Å². The Morgan fingerprint density at radius 1 is 1.05 bits per heavy atom. The molecule has 4 nitrogen and oxygen atoms in total. The van der Waals surface area contributed by atoms with Crippen LogP contribution in [-0.2, 0) is 9.59 Å². The summed E-state index contributed by atoms with van der Waals surface area (Å²) in [5, 5.41) is 0. The fourth-order valence-corrected chi connectivity index (χ4v) is 1.82. The first-order valence-electron chi connectivity index (χ1n) is 6.72. The summed E-state index contributed by atoms with van der Waals surface area (Å²) in [6.07, 6.45) is 0. The van der Waals surface area contributed by atoms with Gasteiger partial charge in [0.15, 0.2) is 5.78 Å². The molecule has 4 heteroatoms. The van der Waals surface area contributed by atoms with Crippen molar-refractivity contribution in [3.8, 4) is 0 Å². The van der Waals surface area contributed by atoms with Crippen molar-refractivity contribution in [1.82, 2.24) is 0 Å². The molecule has 110 valence electrons. The van der Waals surface area contributed by atoms with Gasteiger partial charge in [0.2, 0.25) is 5.91 Å². The van der Waals surface area contributed by atoms with E-state index in [0.717, 1.165) is 11.4 Å². The molecule has 0 unspecified atom stereocenters. The molecule has 0 saturated carbocycles. The van der Waals surface area contributed by atoms with E-state index >= 15 is 0 Å². The van der Waals surface area contributed by atoms with Gasteiger partial charge in [0.1, 0.15) is 0 Å². The van der Waals surface area contributed by atoms with Crippen molar-refractivity contribution in [2.45, 2.75) is 27.7 Å². The fraction of sp³-hybridized carbons (Fsp3) is 0.500. The zero-order chi connectivity index (χ0) is 15.5. The van der Waals surface area contributed by atoms with Gasteiger partial charge >= 0.3 is 0 Å². The molecule has 0 atom stereocenters. The second-order valence-electron chi connectivity index (χ2n) is 6.16. The minimum atomic E-state index is -0.458. The number of amides is 1. The number of anilines is 2. The van der Waals surface area contributed by atoms with Crippen LogP contribution in [0.3, 0.4) is 0 Å². The number of para-hydroxylation sites is 2. The van der Waals surface area contributed by atoms with Gasteiger partial charge in [-0.25, -0.2) is 0 Å². The maximum atomic E-state index is 12.2. The number of carbonyl (C=O) groups is 2. The van der Waals surface area contributed by atoms with E-state index in [1.165, 1.54) is 6.92 Å². The lowest BCUT2D eigenvalue weighted by Crippen LogP contribution is -2.39. The lowest BCUT2D eigenvalue weighted by molar-refractivity contribution is -0.126. The van der Waals surface area contributed by atoms with Crippen molar-refractivity contribution in [2.24, 2.45) is 5.41 Å². The lowest BCUT2D eigenvalue weighted by atomic mass is 9.90. The van der Waals surface area contributed by atoms with E-state index in [-0.39, 0.29) is 18.2 Å². The minimum absolute atomic E-state index is 0.0428. The first-order chi connectivity index (χ1) is 9.14. The highest BCUT2D eigenvalue weighted by Gasteiger charge is 2.26. The van der Waals surface area contributed by atoms with Crippen LogP contribution in [0.5, 0.6) is 0 Å². The van der Waals surface area contributed by atoms with E-state index < -0.39 is 5.41 Å². The molecule has 0 N–H and O–H groups in total. The number of rotatable bonds is 4. The van der Waals surface area contributed by atoms with E-state index in [9.17, 15) is 9.59 Å². The molecule has 0 bridgehead atoms. The van der Waals surface area contributed by atoms with Gasteiger partial charge in [-0.1, -0.05) is 32.9 Å². The summed E-state index contributed by atoms with van der Waals surface area (Å²) in [5.74, 6) is -0.0850. The summed E-state index contributed by atoms with van der Waals surface area (Å²) in [7, 11) is 3.84. The van der Waals surface area contributed by atoms with Crippen molar-refractivity contribution < 1.29 is 9.59 Å². The van der Waals surface area contributed by atoms with Gasteiger partial charge in [0, 0.05) is 26.4 Å². The summed E-state index contributed by atoms with van der Waals surface area (Å²) in [4.78, 5) is 27.6. The third kappa shape index (κ3) is 3.83. The number of Topliss-reactive ketones (excluding diaryl/α,β-unsaturated/α-hetero) is 1. The van der Waals surface area contributed by atoms with E-state index in [0.29, 0.717) is 0 Å². The van der Waals surface area contributed by atoms with Crippen LogP contribution in [0.25, 0.3) is 0 Å². The monoisotopic (exact) mass is 276 g/mol. The van der Waals surface area contributed by atoms with E-state index in [2.05, 4.69) is 0 Å². The first kappa shape index (κ1) is 16.2. The predicted molar refractivity (Wildman–Crippen MR) is 83.3 cm³/mol. The van der Waals surface area contributed by atoms with Gasteiger partial charge in [0.25, 0.3) is 0 Å². The molecule has 0 aliphatic carbocycles. The molecule has 20 heavy (non-hydrogen) atoms. The van der Waals surface area contributed by atoms with Gasteiger partial charge in [-0.3, -0.25) is 9.59 Å². The Morgan fingerprint density at radius 2 is 1.55 bits per heavy atom. The topological polar surface area (TPSA) is 40.6 Å². The van der Waals surface area contributed by atoms with Crippen LogP contribution in [0.15, 0.2) is 24.3 Å². The van der Waals surface area contributed by atoms with Crippen LogP contribution in [0.1, 0.15) is 27.7 Å². The summed E-state index contributed by atoms with van der Waals surface area (Å²) in [6.45, 7) is 7.19. The Hall–Kier alpha value is -1.84. The molecule has 0 heterocycles. The molecular weight excluding hydrogens is 252 g/mol. The number of ketones is 1.